The third kappa shape index (κ3) is 4.79. The lowest BCUT2D eigenvalue weighted by atomic mass is 9.86. The lowest BCUT2D eigenvalue weighted by molar-refractivity contribution is -0.136. The first-order valence-corrected chi connectivity index (χ1v) is 13.8. The number of hydrogen-bond donors (Lipinski definition) is 1. The molecule has 1 atom stereocenters. The molecule has 2 fully saturated rings. The van der Waals surface area contributed by atoms with Crippen molar-refractivity contribution in [1.82, 2.24) is 14.5 Å². The van der Waals surface area contributed by atoms with Crippen LogP contribution in [-0.2, 0) is 32.6 Å². The van der Waals surface area contributed by atoms with E-state index < -0.39 is 33.7 Å². The predicted molar refractivity (Wildman–Crippen MR) is 130 cm³/mol. The lowest BCUT2D eigenvalue weighted by Gasteiger charge is -2.32. The van der Waals surface area contributed by atoms with E-state index in [1.54, 1.807) is 0 Å². The van der Waals surface area contributed by atoms with E-state index in [-0.39, 0.29) is 42.5 Å². The Balaban J connectivity index is 1.28. The molecule has 3 aliphatic heterocycles. The largest absolute Gasteiger partial charge is 0.322 e. The molecule has 3 heterocycles. The number of hydrogen-bond acceptors (Lipinski definition) is 5. The number of imide groups is 1. The molecule has 10 heteroatoms. The summed E-state index contributed by atoms with van der Waals surface area (Å²) in [6.45, 7) is 0.835. The van der Waals surface area contributed by atoms with Gasteiger partial charge in [-0.3, -0.25) is 19.7 Å². The predicted octanol–water partition coefficient (Wildman–Crippen LogP) is 2.34. The van der Waals surface area contributed by atoms with E-state index >= 15 is 0 Å². The van der Waals surface area contributed by atoms with E-state index in [1.807, 2.05) is 30.3 Å². The van der Waals surface area contributed by atoms with Crippen molar-refractivity contribution in [2.75, 3.05) is 18.8 Å². The molecule has 3 aliphatic rings. The Morgan fingerprint density at radius 1 is 1.00 bits per heavy atom. The summed E-state index contributed by atoms with van der Waals surface area (Å²) in [5.41, 5.74) is 2.61. The van der Waals surface area contributed by atoms with Crippen LogP contribution in [0.5, 0.6) is 0 Å². The van der Waals surface area contributed by atoms with Crippen LogP contribution in [0.2, 0.25) is 0 Å². The SMILES string of the molecule is O=C1CCC(N2Cc3c(cc(F)cc3C3CCN(S(=O)(=O)CCc4ccccc4)CC3)C2=O)C(=O)N1. The van der Waals surface area contributed by atoms with Crippen LogP contribution in [0, 0.1) is 5.82 Å². The molecule has 0 aromatic heterocycles. The third-order valence-corrected chi connectivity index (χ3v) is 9.31. The van der Waals surface area contributed by atoms with Gasteiger partial charge >= 0.3 is 0 Å². The average Bonchev–Trinajstić information content (AvgIpc) is 3.19. The second-order valence-electron chi connectivity index (χ2n) is 9.65. The van der Waals surface area contributed by atoms with E-state index in [4.69, 9.17) is 0 Å². The van der Waals surface area contributed by atoms with Crippen LogP contribution in [0.3, 0.4) is 0 Å². The van der Waals surface area contributed by atoms with Gasteiger partial charge in [0.15, 0.2) is 0 Å². The Morgan fingerprint density at radius 3 is 2.42 bits per heavy atom. The van der Waals surface area contributed by atoms with Gasteiger partial charge in [-0.05, 0) is 60.4 Å². The summed E-state index contributed by atoms with van der Waals surface area (Å²) < 4.78 is 41.9. The maximum absolute atomic E-state index is 14.6. The summed E-state index contributed by atoms with van der Waals surface area (Å²) in [4.78, 5) is 38.4. The Kier molecular flexibility index (Phi) is 6.65. The topological polar surface area (TPSA) is 104 Å². The van der Waals surface area contributed by atoms with Crippen molar-refractivity contribution in [3.05, 3.63) is 70.5 Å². The smallest absolute Gasteiger partial charge is 0.255 e. The molecule has 0 saturated carbocycles. The highest BCUT2D eigenvalue weighted by Gasteiger charge is 2.41. The van der Waals surface area contributed by atoms with Gasteiger partial charge in [0.1, 0.15) is 11.9 Å². The molecule has 2 aromatic carbocycles. The monoisotopic (exact) mass is 513 g/mol. The van der Waals surface area contributed by atoms with Crippen molar-refractivity contribution < 1.29 is 27.2 Å². The van der Waals surface area contributed by atoms with Crippen LogP contribution in [-0.4, -0.2) is 60.2 Å². The van der Waals surface area contributed by atoms with Crippen molar-refractivity contribution >= 4 is 27.7 Å². The lowest BCUT2D eigenvalue weighted by Crippen LogP contribution is -2.52. The number of piperidine rings is 2. The molecule has 0 bridgehead atoms. The zero-order valence-electron chi connectivity index (χ0n) is 19.8. The molecule has 5 rings (SSSR count). The van der Waals surface area contributed by atoms with Crippen molar-refractivity contribution in [2.24, 2.45) is 0 Å². The van der Waals surface area contributed by atoms with Gasteiger partial charge in [-0.15, -0.1) is 0 Å². The van der Waals surface area contributed by atoms with Gasteiger partial charge in [0, 0.05) is 31.6 Å². The minimum atomic E-state index is -3.42. The Hall–Kier alpha value is -3.11. The first kappa shape index (κ1) is 24.6. The van der Waals surface area contributed by atoms with Gasteiger partial charge in [0.05, 0.1) is 5.75 Å². The number of carbonyl (C=O) groups is 3. The van der Waals surface area contributed by atoms with Crippen LogP contribution in [0.1, 0.15) is 58.6 Å². The fraction of sp³-hybridized carbons (Fsp3) is 0.423. The van der Waals surface area contributed by atoms with Crippen LogP contribution < -0.4 is 5.32 Å². The van der Waals surface area contributed by atoms with Crippen molar-refractivity contribution in [3.8, 4) is 0 Å². The standard InChI is InChI=1S/C26H28FN3O5S/c27-19-14-20(22-16-30(26(33)21(22)15-19)23-6-7-24(31)28-25(23)32)18-8-11-29(12-9-18)36(34,35)13-10-17-4-2-1-3-5-17/h1-5,14-15,18,23H,6-13,16H2,(H,28,31,32). The summed E-state index contributed by atoms with van der Waals surface area (Å²) in [6, 6.07) is 11.4. The zero-order valence-corrected chi connectivity index (χ0v) is 20.6. The molecule has 36 heavy (non-hydrogen) atoms. The molecular formula is C26H28FN3O5S. The highest BCUT2D eigenvalue weighted by atomic mass is 32.2. The quantitative estimate of drug-likeness (QED) is 0.598. The second kappa shape index (κ2) is 9.74. The molecule has 0 spiro atoms. The molecule has 1 N–H and O–H groups in total. The normalized spacial score (nSPS) is 21.5. The molecule has 0 radical (unpaired) electrons. The average molecular weight is 514 g/mol. The molecule has 3 amide bonds. The molecular weight excluding hydrogens is 485 g/mol. The van der Waals surface area contributed by atoms with Gasteiger partial charge in [0.2, 0.25) is 21.8 Å². The van der Waals surface area contributed by atoms with Crippen molar-refractivity contribution in [3.63, 3.8) is 0 Å². The van der Waals surface area contributed by atoms with E-state index in [2.05, 4.69) is 5.32 Å². The minimum absolute atomic E-state index is 0.0342. The Bertz CT molecular complexity index is 1310. The number of halogens is 1. The molecule has 0 aliphatic carbocycles. The van der Waals surface area contributed by atoms with Crippen LogP contribution >= 0.6 is 0 Å². The number of benzene rings is 2. The molecule has 2 saturated heterocycles. The highest BCUT2D eigenvalue weighted by Crippen LogP contribution is 2.38. The number of amides is 3. The van der Waals surface area contributed by atoms with E-state index in [9.17, 15) is 27.2 Å². The number of rotatable bonds is 6. The fourth-order valence-corrected chi connectivity index (χ4v) is 7.00. The van der Waals surface area contributed by atoms with Crippen molar-refractivity contribution in [1.29, 1.82) is 0 Å². The fourth-order valence-electron chi connectivity index (χ4n) is 5.48. The highest BCUT2D eigenvalue weighted by molar-refractivity contribution is 7.89. The molecule has 1 unspecified atom stereocenters. The van der Waals surface area contributed by atoms with Crippen molar-refractivity contribution in [2.45, 2.75) is 50.6 Å². The summed E-state index contributed by atoms with van der Waals surface area (Å²) in [5, 5.41) is 2.27. The van der Waals surface area contributed by atoms with E-state index in [1.165, 1.54) is 21.3 Å². The molecule has 8 nitrogen and oxygen atoms in total. The number of aryl methyl sites for hydroxylation is 1. The Morgan fingerprint density at radius 2 is 1.72 bits per heavy atom. The summed E-state index contributed by atoms with van der Waals surface area (Å²) in [5.74, 6) is -1.88. The van der Waals surface area contributed by atoms with Crippen LogP contribution in [0.15, 0.2) is 42.5 Å². The maximum atomic E-state index is 14.6. The van der Waals surface area contributed by atoms with Gasteiger partial charge in [-0.25, -0.2) is 17.1 Å². The van der Waals surface area contributed by atoms with Crippen LogP contribution in [0.4, 0.5) is 4.39 Å². The summed E-state index contributed by atoms with van der Waals surface area (Å²) in [6.07, 6.45) is 1.87. The number of nitrogens with one attached hydrogen (secondary N) is 1. The van der Waals surface area contributed by atoms with E-state index in [0.717, 1.165) is 5.56 Å². The minimum Gasteiger partial charge on any atom is -0.322 e. The van der Waals surface area contributed by atoms with E-state index in [0.29, 0.717) is 43.5 Å². The molecule has 190 valence electrons. The number of carbonyl (C=O) groups excluding carboxylic acids is 3. The van der Waals surface area contributed by atoms with Crippen LogP contribution in [0.25, 0.3) is 0 Å². The zero-order chi connectivity index (χ0) is 25.4. The maximum Gasteiger partial charge on any atom is 0.255 e. The first-order chi connectivity index (χ1) is 17.2. The summed E-state index contributed by atoms with van der Waals surface area (Å²) >= 11 is 0. The Labute approximate surface area is 209 Å². The number of sulfonamides is 1. The second-order valence-corrected chi connectivity index (χ2v) is 11.7. The van der Waals surface area contributed by atoms with Gasteiger partial charge in [0.25, 0.3) is 5.91 Å². The summed E-state index contributed by atoms with van der Waals surface area (Å²) in [7, 11) is -3.42. The van der Waals surface area contributed by atoms with Gasteiger partial charge in [-0.1, -0.05) is 30.3 Å². The number of fused-ring (bicyclic) bond motifs is 1. The molecule has 2 aromatic rings. The van der Waals surface area contributed by atoms with Gasteiger partial charge in [-0.2, -0.15) is 0 Å². The van der Waals surface area contributed by atoms with Gasteiger partial charge < -0.3 is 4.90 Å². The first-order valence-electron chi connectivity index (χ1n) is 12.2. The third-order valence-electron chi connectivity index (χ3n) is 7.43. The number of nitrogens with zero attached hydrogens (tertiary/aromatic N) is 2.